The highest BCUT2D eigenvalue weighted by atomic mass is 15.1. The van der Waals surface area contributed by atoms with Gasteiger partial charge in [-0.2, -0.15) is 0 Å². The predicted molar refractivity (Wildman–Crippen MR) is 66.8 cm³/mol. The van der Waals surface area contributed by atoms with E-state index in [0.717, 1.165) is 18.4 Å². The van der Waals surface area contributed by atoms with E-state index in [9.17, 15) is 0 Å². The molecule has 2 nitrogen and oxygen atoms in total. The zero-order valence-corrected chi connectivity index (χ0v) is 10.9. The monoisotopic (exact) mass is 212 g/mol. The van der Waals surface area contributed by atoms with E-state index in [2.05, 4.69) is 32.6 Å². The van der Waals surface area contributed by atoms with E-state index in [4.69, 9.17) is 5.73 Å². The van der Waals surface area contributed by atoms with Crippen LogP contribution in [0.25, 0.3) is 0 Å². The molecule has 0 saturated carbocycles. The molecule has 0 spiro atoms. The fourth-order valence-electron chi connectivity index (χ4n) is 2.83. The van der Waals surface area contributed by atoms with Crippen molar-refractivity contribution in [1.82, 2.24) is 4.90 Å². The predicted octanol–water partition coefficient (Wildman–Crippen LogP) is 2.20. The third-order valence-electron chi connectivity index (χ3n) is 3.68. The quantitative estimate of drug-likeness (QED) is 0.774. The van der Waals surface area contributed by atoms with Crippen molar-refractivity contribution in [3.05, 3.63) is 0 Å². The van der Waals surface area contributed by atoms with Gasteiger partial charge in [0.05, 0.1) is 0 Å². The third-order valence-corrected chi connectivity index (χ3v) is 3.68. The molecule has 0 aliphatic carbocycles. The average molecular weight is 212 g/mol. The molecule has 1 fully saturated rings. The number of nitrogens with two attached hydrogens (primary N) is 1. The number of hydrogen-bond donors (Lipinski definition) is 1. The van der Waals surface area contributed by atoms with Crippen molar-refractivity contribution in [3.8, 4) is 0 Å². The molecule has 2 N–H and O–H groups in total. The van der Waals surface area contributed by atoms with Crippen molar-refractivity contribution < 1.29 is 0 Å². The van der Waals surface area contributed by atoms with E-state index in [-0.39, 0.29) is 0 Å². The minimum Gasteiger partial charge on any atom is -0.330 e. The standard InChI is InChI=1S/C13H28N2/c1-10(2)13(6-14)9-15-7-11(3)5-12(4)8-15/h10-13H,5-9,14H2,1-4H3. The van der Waals surface area contributed by atoms with Crippen LogP contribution in [0.1, 0.15) is 34.1 Å². The Morgan fingerprint density at radius 2 is 1.73 bits per heavy atom. The summed E-state index contributed by atoms with van der Waals surface area (Å²) in [6.07, 6.45) is 1.39. The first-order valence-electron chi connectivity index (χ1n) is 6.45. The molecule has 1 heterocycles. The van der Waals surface area contributed by atoms with Crippen LogP contribution in [0.4, 0.5) is 0 Å². The van der Waals surface area contributed by atoms with Crippen LogP contribution in [-0.2, 0) is 0 Å². The second-order valence-corrected chi connectivity index (χ2v) is 5.90. The Hall–Kier alpha value is -0.0800. The van der Waals surface area contributed by atoms with E-state index in [1.54, 1.807) is 0 Å². The number of piperidine rings is 1. The average Bonchev–Trinajstić information content (AvgIpc) is 2.12. The maximum atomic E-state index is 5.83. The van der Waals surface area contributed by atoms with Crippen LogP contribution >= 0.6 is 0 Å². The Morgan fingerprint density at radius 3 is 2.13 bits per heavy atom. The van der Waals surface area contributed by atoms with Gasteiger partial charge in [0.2, 0.25) is 0 Å². The summed E-state index contributed by atoms with van der Waals surface area (Å²) in [4.78, 5) is 2.62. The lowest BCUT2D eigenvalue weighted by atomic mass is 9.89. The number of hydrogen-bond acceptors (Lipinski definition) is 2. The van der Waals surface area contributed by atoms with Crippen molar-refractivity contribution in [1.29, 1.82) is 0 Å². The van der Waals surface area contributed by atoms with Crippen molar-refractivity contribution in [2.45, 2.75) is 34.1 Å². The van der Waals surface area contributed by atoms with Crippen molar-refractivity contribution >= 4 is 0 Å². The molecule has 0 amide bonds. The van der Waals surface area contributed by atoms with Crippen LogP contribution < -0.4 is 5.73 Å². The molecule has 0 bridgehead atoms. The largest absolute Gasteiger partial charge is 0.330 e. The Kier molecular flexibility index (Phi) is 5.07. The SMILES string of the molecule is CC1CC(C)CN(CC(CN)C(C)C)C1. The maximum absolute atomic E-state index is 5.83. The summed E-state index contributed by atoms with van der Waals surface area (Å²) < 4.78 is 0. The van der Waals surface area contributed by atoms with Crippen LogP contribution in [0.15, 0.2) is 0 Å². The van der Waals surface area contributed by atoms with Gasteiger partial charge in [-0.15, -0.1) is 0 Å². The van der Waals surface area contributed by atoms with Gasteiger partial charge >= 0.3 is 0 Å². The van der Waals surface area contributed by atoms with Crippen molar-refractivity contribution in [2.24, 2.45) is 29.4 Å². The first kappa shape index (κ1) is 13.0. The van der Waals surface area contributed by atoms with Gasteiger partial charge in [-0.3, -0.25) is 0 Å². The molecule has 90 valence electrons. The third kappa shape index (κ3) is 4.12. The fourth-order valence-corrected chi connectivity index (χ4v) is 2.83. The summed E-state index contributed by atoms with van der Waals surface area (Å²) in [7, 11) is 0. The Balaban J connectivity index is 2.42. The van der Waals surface area contributed by atoms with Crippen LogP contribution in [0.3, 0.4) is 0 Å². The van der Waals surface area contributed by atoms with Gasteiger partial charge in [0, 0.05) is 19.6 Å². The normalized spacial score (nSPS) is 30.8. The van der Waals surface area contributed by atoms with Crippen LogP contribution in [0.2, 0.25) is 0 Å². The van der Waals surface area contributed by atoms with E-state index in [0.29, 0.717) is 11.8 Å². The molecule has 3 unspecified atom stereocenters. The van der Waals surface area contributed by atoms with Crippen LogP contribution in [-0.4, -0.2) is 31.1 Å². The van der Waals surface area contributed by atoms with Crippen LogP contribution in [0.5, 0.6) is 0 Å². The molecule has 0 aromatic heterocycles. The number of rotatable bonds is 4. The van der Waals surface area contributed by atoms with Gasteiger partial charge in [-0.05, 0) is 36.6 Å². The molecular formula is C13H28N2. The summed E-state index contributed by atoms with van der Waals surface area (Å²) in [5.74, 6) is 3.10. The number of likely N-dealkylation sites (tertiary alicyclic amines) is 1. The summed E-state index contributed by atoms with van der Waals surface area (Å²) in [6, 6.07) is 0. The van der Waals surface area contributed by atoms with E-state index < -0.39 is 0 Å². The number of nitrogens with zero attached hydrogens (tertiary/aromatic N) is 1. The Labute approximate surface area is 95.2 Å². The molecule has 0 aromatic rings. The molecule has 2 heteroatoms. The van der Waals surface area contributed by atoms with Crippen molar-refractivity contribution in [3.63, 3.8) is 0 Å². The molecular weight excluding hydrogens is 184 g/mol. The first-order valence-corrected chi connectivity index (χ1v) is 6.45. The molecule has 1 aliphatic rings. The highest BCUT2D eigenvalue weighted by Crippen LogP contribution is 2.22. The van der Waals surface area contributed by atoms with Gasteiger partial charge in [-0.1, -0.05) is 27.7 Å². The smallest absolute Gasteiger partial charge is 0.00244 e. The minimum absolute atomic E-state index is 0.669. The molecule has 0 radical (unpaired) electrons. The molecule has 1 aliphatic heterocycles. The minimum atomic E-state index is 0.669. The van der Waals surface area contributed by atoms with Gasteiger partial charge in [-0.25, -0.2) is 0 Å². The van der Waals surface area contributed by atoms with E-state index in [1.165, 1.54) is 26.1 Å². The Bertz CT molecular complexity index is 169. The summed E-state index contributed by atoms with van der Waals surface area (Å²) in [5, 5.41) is 0. The lowest BCUT2D eigenvalue weighted by Gasteiger charge is -2.37. The second kappa shape index (κ2) is 5.86. The Morgan fingerprint density at radius 1 is 1.20 bits per heavy atom. The fraction of sp³-hybridized carbons (Fsp3) is 1.00. The van der Waals surface area contributed by atoms with Gasteiger partial charge in [0.1, 0.15) is 0 Å². The lowest BCUT2D eigenvalue weighted by Crippen LogP contribution is -2.43. The summed E-state index contributed by atoms with van der Waals surface area (Å²) >= 11 is 0. The molecule has 15 heavy (non-hydrogen) atoms. The van der Waals surface area contributed by atoms with E-state index >= 15 is 0 Å². The van der Waals surface area contributed by atoms with Crippen molar-refractivity contribution in [2.75, 3.05) is 26.2 Å². The molecule has 3 atom stereocenters. The zero-order chi connectivity index (χ0) is 11.4. The first-order chi connectivity index (χ1) is 7.02. The van der Waals surface area contributed by atoms with Gasteiger partial charge in [0.25, 0.3) is 0 Å². The van der Waals surface area contributed by atoms with E-state index in [1.807, 2.05) is 0 Å². The zero-order valence-electron chi connectivity index (χ0n) is 10.9. The topological polar surface area (TPSA) is 29.3 Å². The second-order valence-electron chi connectivity index (χ2n) is 5.90. The van der Waals surface area contributed by atoms with Gasteiger partial charge < -0.3 is 10.6 Å². The van der Waals surface area contributed by atoms with Crippen LogP contribution in [0, 0.1) is 23.7 Å². The molecule has 0 aromatic carbocycles. The molecule has 1 saturated heterocycles. The maximum Gasteiger partial charge on any atom is 0.00244 e. The summed E-state index contributed by atoms with van der Waals surface area (Å²) in [6.45, 7) is 13.9. The highest BCUT2D eigenvalue weighted by Gasteiger charge is 2.24. The lowest BCUT2D eigenvalue weighted by molar-refractivity contribution is 0.112. The van der Waals surface area contributed by atoms with Gasteiger partial charge in [0.15, 0.2) is 0 Å². The highest BCUT2D eigenvalue weighted by molar-refractivity contribution is 4.78. The molecule has 1 rings (SSSR count). The summed E-state index contributed by atoms with van der Waals surface area (Å²) in [5.41, 5.74) is 5.83.